The number of hydrogen-bond acceptors (Lipinski definition) is 2. The minimum atomic E-state index is 0.126. The lowest BCUT2D eigenvalue weighted by atomic mass is 10.1. The summed E-state index contributed by atoms with van der Waals surface area (Å²) in [4.78, 5) is 11.3. The van der Waals surface area contributed by atoms with Crippen molar-refractivity contribution in [3.05, 3.63) is 21.6 Å². The van der Waals surface area contributed by atoms with E-state index in [1.165, 1.54) is 4.68 Å². The molecular formula is C7H11N3O. The Morgan fingerprint density at radius 3 is 3.09 bits per heavy atom. The summed E-state index contributed by atoms with van der Waals surface area (Å²) in [6.07, 6.45) is 0.853. The first-order valence-electron chi connectivity index (χ1n) is 3.76. The Kier molecular flexibility index (Phi) is 1.35. The second-order valence-corrected chi connectivity index (χ2v) is 2.86. The standard InChI is InChI=1S/C7H11N3O/c1-10-7(11)5-2-3-8-4-6(5)9-10/h8-9H,2-4H2,1H3. The molecule has 1 aliphatic heterocycles. The summed E-state index contributed by atoms with van der Waals surface area (Å²) in [5.41, 5.74) is 2.12. The normalized spacial score (nSPS) is 16.5. The van der Waals surface area contributed by atoms with Crippen LogP contribution in [0.2, 0.25) is 0 Å². The van der Waals surface area contributed by atoms with Crippen LogP contribution in [0, 0.1) is 0 Å². The van der Waals surface area contributed by atoms with Crippen molar-refractivity contribution in [2.45, 2.75) is 13.0 Å². The molecule has 60 valence electrons. The van der Waals surface area contributed by atoms with Gasteiger partial charge < -0.3 is 5.32 Å². The minimum absolute atomic E-state index is 0.126. The van der Waals surface area contributed by atoms with Gasteiger partial charge >= 0.3 is 0 Å². The summed E-state index contributed by atoms with van der Waals surface area (Å²) >= 11 is 0. The minimum Gasteiger partial charge on any atom is -0.311 e. The lowest BCUT2D eigenvalue weighted by molar-refractivity contribution is 0.625. The summed E-state index contributed by atoms with van der Waals surface area (Å²) in [5.74, 6) is 0. The van der Waals surface area contributed by atoms with Gasteiger partial charge in [0.1, 0.15) is 0 Å². The molecule has 0 spiro atoms. The van der Waals surface area contributed by atoms with Gasteiger partial charge in [-0.05, 0) is 13.0 Å². The highest BCUT2D eigenvalue weighted by molar-refractivity contribution is 5.19. The van der Waals surface area contributed by atoms with Gasteiger partial charge in [-0.1, -0.05) is 0 Å². The Bertz CT molecular complexity index is 323. The van der Waals surface area contributed by atoms with Crippen LogP contribution in [0.25, 0.3) is 0 Å². The van der Waals surface area contributed by atoms with Gasteiger partial charge in [-0.3, -0.25) is 14.6 Å². The van der Waals surface area contributed by atoms with Crippen LogP contribution in [0.5, 0.6) is 0 Å². The third kappa shape index (κ3) is 0.903. The number of aromatic amines is 1. The van der Waals surface area contributed by atoms with E-state index in [4.69, 9.17) is 0 Å². The van der Waals surface area contributed by atoms with Crippen molar-refractivity contribution in [2.75, 3.05) is 6.54 Å². The molecule has 2 heterocycles. The molecule has 0 unspecified atom stereocenters. The van der Waals surface area contributed by atoms with E-state index in [0.717, 1.165) is 30.8 Å². The van der Waals surface area contributed by atoms with Gasteiger partial charge in [0.25, 0.3) is 5.56 Å². The average molecular weight is 153 g/mol. The van der Waals surface area contributed by atoms with Crippen molar-refractivity contribution in [3.63, 3.8) is 0 Å². The monoisotopic (exact) mass is 153 g/mol. The van der Waals surface area contributed by atoms with Gasteiger partial charge in [0, 0.05) is 19.2 Å². The topological polar surface area (TPSA) is 49.8 Å². The fourth-order valence-electron chi connectivity index (χ4n) is 1.48. The van der Waals surface area contributed by atoms with Crippen LogP contribution in [0.4, 0.5) is 0 Å². The number of nitrogens with one attached hydrogen (secondary N) is 2. The van der Waals surface area contributed by atoms with Crippen LogP contribution in [0.15, 0.2) is 4.79 Å². The molecule has 4 heteroatoms. The van der Waals surface area contributed by atoms with Gasteiger partial charge in [-0.2, -0.15) is 0 Å². The van der Waals surface area contributed by atoms with Crippen LogP contribution >= 0.6 is 0 Å². The van der Waals surface area contributed by atoms with Crippen molar-refractivity contribution in [2.24, 2.45) is 7.05 Å². The van der Waals surface area contributed by atoms with E-state index in [2.05, 4.69) is 10.4 Å². The SMILES string of the molecule is Cn1[nH]c2c(c1=O)CCNC2. The Labute approximate surface area is 64.2 Å². The van der Waals surface area contributed by atoms with E-state index >= 15 is 0 Å². The van der Waals surface area contributed by atoms with Gasteiger partial charge in [-0.15, -0.1) is 0 Å². The van der Waals surface area contributed by atoms with Crippen molar-refractivity contribution >= 4 is 0 Å². The zero-order valence-corrected chi connectivity index (χ0v) is 6.48. The molecule has 11 heavy (non-hydrogen) atoms. The van der Waals surface area contributed by atoms with E-state index < -0.39 is 0 Å². The molecule has 1 aliphatic rings. The van der Waals surface area contributed by atoms with Crippen molar-refractivity contribution in [1.82, 2.24) is 15.1 Å². The summed E-state index contributed by atoms with van der Waals surface area (Å²) in [6, 6.07) is 0. The molecular weight excluding hydrogens is 142 g/mol. The zero-order valence-electron chi connectivity index (χ0n) is 6.48. The summed E-state index contributed by atoms with van der Waals surface area (Å²) in [7, 11) is 1.75. The molecule has 2 rings (SSSR count). The second-order valence-electron chi connectivity index (χ2n) is 2.86. The number of aryl methyl sites for hydroxylation is 1. The van der Waals surface area contributed by atoms with Crippen LogP contribution < -0.4 is 10.9 Å². The van der Waals surface area contributed by atoms with Crippen LogP contribution in [-0.4, -0.2) is 16.3 Å². The maximum Gasteiger partial charge on any atom is 0.269 e. The van der Waals surface area contributed by atoms with E-state index in [0.29, 0.717) is 0 Å². The highest BCUT2D eigenvalue weighted by Gasteiger charge is 2.14. The molecule has 0 aliphatic carbocycles. The van der Waals surface area contributed by atoms with Crippen LogP contribution in [-0.2, 0) is 20.0 Å². The molecule has 1 aromatic rings. The summed E-state index contributed by atoms with van der Waals surface area (Å²) in [5, 5.41) is 6.20. The van der Waals surface area contributed by atoms with E-state index in [1.807, 2.05) is 0 Å². The van der Waals surface area contributed by atoms with Crippen LogP contribution in [0.1, 0.15) is 11.3 Å². The molecule has 2 N–H and O–H groups in total. The number of H-pyrrole nitrogens is 1. The molecule has 4 nitrogen and oxygen atoms in total. The maximum atomic E-state index is 11.3. The first-order chi connectivity index (χ1) is 5.29. The smallest absolute Gasteiger partial charge is 0.269 e. The fourth-order valence-corrected chi connectivity index (χ4v) is 1.48. The van der Waals surface area contributed by atoms with Crippen LogP contribution in [0.3, 0.4) is 0 Å². The van der Waals surface area contributed by atoms with Gasteiger partial charge in [0.2, 0.25) is 0 Å². The van der Waals surface area contributed by atoms with Gasteiger partial charge in [0.15, 0.2) is 0 Å². The quantitative estimate of drug-likeness (QED) is 0.521. The molecule has 0 saturated carbocycles. The molecule has 0 amide bonds. The molecule has 0 aromatic carbocycles. The number of fused-ring (bicyclic) bond motifs is 1. The average Bonchev–Trinajstić information content (AvgIpc) is 2.30. The third-order valence-electron chi connectivity index (χ3n) is 2.08. The highest BCUT2D eigenvalue weighted by Crippen LogP contribution is 2.04. The summed E-state index contributed by atoms with van der Waals surface area (Å²) in [6.45, 7) is 1.71. The fraction of sp³-hybridized carbons (Fsp3) is 0.571. The first-order valence-corrected chi connectivity index (χ1v) is 3.76. The van der Waals surface area contributed by atoms with E-state index in [9.17, 15) is 4.79 Å². The van der Waals surface area contributed by atoms with Gasteiger partial charge in [-0.25, -0.2) is 0 Å². The molecule has 0 bridgehead atoms. The Morgan fingerprint density at radius 2 is 2.36 bits per heavy atom. The molecule has 0 radical (unpaired) electrons. The number of hydrogen-bond donors (Lipinski definition) is 2. The molecule has 0 atom stereocenters. The van der Waals surface area contributed by atoms with E-state index in [1.54, 1.807) is 7.05 Å². The number of nitrogens with zero attached hydrogens (tertiary/aromatic N) is 1. The maximum absolute atomic E-state index is 11.3. The van der Waals surface area contributed by atoms with E-state index in [-0.39, 0.29) is 5.56 Å². The van der Waals surface area contributed by atoms with Crippen molar-refractivity contribution < 1.29 is 0 Å². The van der Waals surface area contributed by atoms with Gasteiger partial charge in [0.05, 0.1) is 5.69 Å². The number of aromatic nitrogens is 2. The van der Waals surface area contributed by atoms with Crippen molar-refractivity contribution in [3.8, 4) is 0 Å². The third-order valence-corrected chi connectivity index (χ3v) is 2.08. The predicted octanol–water partition coefficient (Wildman–Crippen LogP) is -0.641. The lowest BCUT2D eigenvalue weighted by Gasteiger charge is -2.09. The Morgan fingerprint density at radius 1 is 1.55 bits per heavy atom. The molecule has 0 fully saturated rings. The summed E-state index contributed by atoms with van der Waals surface area (Å²) < 4.78 is 1.54. The molecule has 0 saturated heterocycles. The Balaban J connectivity index is 2.59. The van der Waals surface area contributed by atoms with Crippen molar-refractivity contribution in [1.29, 1.82) is 0 Å². The number of rotatable bonds is 0. The zero-order chi connectivity index (χ0) is 7.84. The Hall–Kier alpha value is -1.03. The molecule has 1 aromatic heterocycles. The second kappa shape index (κ2) is 2.23. The predicted molar refractivity (Wildman–Crippen MR) is 41.4 cm³/mol. The first kappa shape index (κ1) is 6.67. The highest BCUT2D eigenvalue weighted by atomic mass is 16.1. The lowest BCUT2D eigenvalue weighted by Crippen LogP contribution is -2.26. The largest absolute Gasteiger partial charge is 0.311 e.